The third-order valence-electron chi connectivity index (χ3n) is 4.25. The predicted molar refractivity (Wildman–Crippen MR) is 98.4 cm³/mol. The van der Waals surface area contributed by atoms with Gasteiger partial charge in [-0.3, -0.25) is 0 Å². The highest BCUT2D eigenvalue weighted by Gasteiger charge is 2.20. The van der Waals surface area contributed by atoms with Crippen molar-refractivity contribution in [2.45, 2.75) is 13.0 Å². The SMILES string of the molecule is C[C@H](c1nnc(-c2cccs2)o1)N(C)c1ccc2ccccc2c1. The van der Waals surface area contributed by atoms with E-state index in [2.05, 4.69) is 64.5 Å². The summed E-state index contributed by atoms with van der Waals surface area (Å²) in [4.78, 5) is 3.15. The molecule has 0 radical (unpaired) electrons. The van der Waals surface area contributed by atoms with Crippen LogP contribution in [0.25, 0.3) is 21.5 Å². The largest absolute Gasteiger partial charge is 0.418 e. The lowest BCUT2D eigenvalue weighted by atomic mass is 10.1. The van der Waals surface area contributed by atoms with Crippen molar-refractivity contribution in [1.29, 1.82) is 0 Å². The number of rotatable bonds is 4. The smallest absolute Gasteiger partial charge is 0.257 e. The standard InChI is InChI=1S/C19H17N3OS/c1-13(18-20-21-19(23-18)17-8-5-11-24-17)22(2)16-10-9-14-6-3-4-7-15(14)12-16/h3-13H,1-2H3/t13-/m1/s1. The number of hydrogen-bond acceptors (Lipinski definition) is 5. The molecule has 0 aliphatic heterocycles. The van der Waals surface area contributed by atoms with Gasteiger partial charge in [-0.25, -0.2) is 0 Å². The number of benzene rings is 2. The van der Waals surface area contributed by atoms with E-state index in [0.717, 1.165) is 10.6 Å². The van der Waals surface area contributed by atoms with Crippen molar-refractivity contribution < 1.29 is 4.42 Å². The molecule has 0 bridgehead atoms. The van der Waals surface area contributed by atoms with Crippen LogP contribution in [-0.4, -0.2) is 17.2 Å². The summed E-state index contributed by atoms with van der Waals surface area (Å²) in [5.41, 5.74) is 1.12. The molecule has 2 aromatic heterocycles. The minimum absolute atomic E-state index is 0.00706. The van der Waals surface area contributed by atoms with E-state index >= 15 is 0 Å². The Bertz CT molecular complexity index is 962. The van der Waals surface area contributed by atoms with Gasteiger partial charge in [-0.2, -0.15) is 0 Å². The van der Waals surface area contributed by atoms with Gasteiger partial charge in [0.1, 0.15) is 6.04 Å². The van der Waals surface area contributed by atoms with Gasteiger partial charge < -0.3 is 9.32 Å². The lowest BCUT2D eigenvalue weighted by molar-refractivity contribution is 0.465. The molecular weight excluding hydrogens is 318 g/mol. The van der Waals surface area contributed by atoms with E-state index < -0.39 is 0 Å². The molecular formula is C19H17N3OS. The third kappa shape index (κ3) is 2.67. The molecule has 120 valence electrons. The first-order valence-corrected chi connectivity index (χ1v) is 8.69. The molecule has 4 nitrogen and oxygen atoms in total. The van der Waals surface area contributed by atoms with Crippen LogP contribution in [0.1, 0.15) is 18.9 Å². The molecule has 0 spiro atoms. The molecule has 0 aliphatic rings. The van der Waals surface area contributed by atoms with Gasteiger partial charge in [0.15, 0.2) is 0 Å². The fourth-order valence-electron chi connectivity index (χ4n) is 2.69. The molecule has 24 heavy (non-hydrogen) atoms. The molecule has 0 amide bonds. The number of aromatic nitrogens is 2. The van der Waals surface area contributed by atoms with Crippen LogP contribution in [0.15, 0.2) is 64.4 Å². The highest BCUT2D eigenvalue weighted by Crippen LogP contribution is 2.30. The zero-order chi connectivity index (χ0) is 16.5. The molecule has 0 aliphatic carbocycles. The zero-order valence-electron chi connectivity index (χ0n) is 13.5. The van der Waals surface area contributed by atoms with E-state index in [1.807, 2.05) is 24.6 Å². The number of hydrogen-bond donors (Lipinski definition) is 0. The second-order valence-corrected chi connectivity index (χ2v) is 6.69. The molecule has 4 aromatic rings. The van der Waals surface area contributed by atoms with Crippen LogP contribution in [0.3, 0.4) is 0 Å². The Morgan fingerprint density at radius 2 is 1.83 bits per heavy atom. The maximum Gasteiger partial charge on any atom is 0.257 e. The van der Waals surface area contributed by atoms with Crippen molar-refractivity contribution in [3.05, 3.63) is 65.9 Å². The van der Waals surface area contributed by atoms with E-state index in [9.17, 15) is 0 Å². The fourth-order valence-corrected chi connectivity index (χ4v) is 3.33. The summed E-state index contributed by atoms with van der Waals surface area (Å²) in [5, 5.41) is 12.9. The van der Waals surface area contributed by atoms with E-state index in [4.69, 9.17) is 4.42 Å². The summed E-state index contributed by atoms with van der Waals surface area (Å²) in [6.45, 7) is 2.07. The van der Waals surface area contributed by atoms with Crippen LogP contribution in [0.5, 0.6) is 0 Å². The first-order chi connectivity index (χ1) is 11.7. The minimum atomic E-state index is -0.00706. The zero-order valence-corrected chi connectivity index (χ0v) is 14.3. The van der Waals surface area contributed by atoms with Gasteiger partial charge in [-0.1, -0.05) is 36.4 Å². The molecule has 0 saturated carbocycles. The van der Waals surface area contributed by atoms with Gasteiger partial charge >= 0.3 is 0 Å². The van der Waals surface area contributed by atoms with E-state index in [1.165, 1.54) is 10.8 Å². The van der Waals surface area contributed by atoms with E-state index in [-0.39, 0.29) is 6.04 Å². The van der Waals surface area contributed by atoms with Crippen molar-refractivity contribution in [3.8, 4) is 10.8 Å². The Morgan fingerprint density at radius 1 is 1.00 bits per heavy atom. The second-order valence-electron chi connectivity index (χ2n) is 5.74. The summed E-state index contributed by atoms with van der Waals surface area (Å²) < 4.78 is 5.87. The van der Waals surface area contributed by atoms with Crippen LogP contribution >= 0.6 is 11.3 Å². The quantitative estimate of drug-likeness (QED) is 0.517. The van der Waals surface area contributed by atoms with Crippen molar-refractivity contribution in [2.24, 2.45) is 0 Å². The normalized spacial score (nSPS) is 12.4. The summed E-state index contributed by atoms with van der Waals surface area (Å²) in [6.07, 6.45) is 0. The van der Waals surface area contributed by atoms with Crippen LogP contribution in [0.2, 0.25) is 0 Å². The van der Waals surface area contributed by atoms with E-state index in [1.54, 1.807) is 11.3 Å². The summed E-state index contributed by atoms with van der Waals surface area (Å²) in [7, 11) is 2.05. The van der Waals surface area contributed by atoms with Crippen LogP contribution < -0.4 is 4.90 Å². The summed E-state index contributed by atoms with van der Waals surface area (Å²) in [6, 6.07) is 18.8. The molecule has 0 unspecified atom stereocenters. The van der Waals surface area contributed by atoms with Crippen molar-refractivity contribution in [1.82, 2.24) is 10.2 Å². The predicted octanol–water partition coefficient (Wildman–Crippen LogP) is 5.15. The lowest BCUT2D eigenvalue weighted by Crippen LogP contribution is -2.21. The fraction of sp³-hybridized carbons (Fsp3) is 0.158. The first-order valence-electron chi connectivity index (χ1n) is 7.81. The highest BCUT2D eigenvalue weighted by molar-refractivity contribution is 7.13. The number of nitrogens with zero attached hydrogens (tertiary/aromatic N) is 3. The lowest BCUT2D eigenvalue weighted by Gasteiger charge is -2.24. The average molecular weight is 335 g/mol. The van der Waals surface area contributed by atoms with Gasteiger partial charge in [0.2, 0.25) is 5.89 Å². The Labute approximate surface area is 144 Å². The number of anilines is 1. The van der Waals surface area contributed by atoms with Crippen molar-refractivity contribution in [3.63, 3.8) is 0 Å². The van der Waals surface area contributed by atoms with Gasteiger partial charge in [-0.15, -0.1) is 21.5 Å². The van der Waals surface area contributed by atoms with Gasteiger partial charge in [0, 0.05) is 12.7 Å². The molecule has 0 N–H and O–H groups in total. The molecule has 0 saturated heterocycles. The van der Waals surface area contributed by atoms with Crippen LogP contribution in [-0.2, 0) is 0 Å². The highest BCUT2D eigenvalue weighted by atomic mass is 32.1. The Balaban J connectivity index is 1.62. The van der Waals surface area contributed by atoms with Gasteiger partial charge in [0.25, 0.3) is 5.89 Å². The van der Waals surface area contributed by atoms with E-state index in [0.29, 0.717) is 11.8 Å². The van der Waals surface area contributed by atoms with Crippen molar-refractivity contribution >= 4 is 27.8 Å². The van der Waals surface area contributed by atoms with Crippen LogP contribution in [0, 0.1) is 0 Å². The molecule has 1 atom stereocenters. The monoisotopic (exact) mass is 335 g/mol. The molecule has 5 heteroatoms. The molecule has 2 aromatic carbocycles. The Kier molecular flexibility index (Phi) is 3.78. The van der Waals surface area contributed by atoms with Crippen molar-refractivity contribution in [2.75, 3.05) is 11.9 Å². The number of thiophene rings is 1. The maximum absolute atomic E-state index is 5.87. The minimum Gasteiger partial charge on any atom is -0.418 e. The summed E-state index contributed by atoms with van der Waals surface area (Å²) >= 11 is 1.60. The topological polar surface area (TPSA) is 42.2 Å². The number of fused-ring (bicyclic) bond motifs is 1. The maximum atomic E-state index is 5.87. The average Bonchev–Trinajstić information content (AvgIpc) is 3.31. The Hall–Kier alpha value is -2.66. The summed E-state index contributed by atoms with van der Waals surface area (Å²) in [5.74, 6) is 1.20. The first kappa shape index (κ1) is 14.9. The third-order valence-corrected chi connectivity index (χ3v) is 5.11. The Morgan fingerprint density at radius 3 is 2.62 bits per heavy atom. The van der Waals surface area contributed by atoms with Gasteiger partial charge in [-0.05, 0) is 41.3 Å². The van der Waals surface area contributed by atoms with Crippen LogP contribution in [0.4, 0.5) is 5.69 Å². The molecule has 4 rings (SSSR count). The van der Waals surface area contributed by atoms with Gasteiger partial charge in [0.05, 0.1) is 4.88 Å². The molecule has 0 fully saturated rings. The second kappa shape index (κ2) is 6.09. The molecule has 2 heterocycles.